The second kappa shape index (κ2) is 7.59. The van der Waals surface area contributed by atoms with Crippen molar-refractivity contribution in [1.29, 1.82) is 0 Å². The van der Waals surface area contributed by atoms with Crippen molar-refractivity contribution in [2.75, 3.05) is 30.4 Å². The van der Waals surface area contributed by atoms with Crippen molar-refractivity contribution in [3.63, 3.8) is 0 Å². The van der Waals surface area contributed by atoms with E-state index in [-0.39, 0.29) is 5.91 Å². The van der Waals surface area contributed by atoms with Crippen LogP contribution < -0.4 is 15.5 Å². The van der Waals surface area contributed by atoms with Crippen LogP contribution in [0.3, 0.4) is 0 Å². The van der Waals surface area contributed by atoms with E-state index in [2.05, 4.69) is 30.7 Å². The van der Waals surface area contributed by atoms with Crippen LogP contribution in [-0.4, -0.2) is 47.3 Å². The van der Waals surface area contributed by atoms with Crippen LogP contribution in [0.1, 0.15) is 16.9 Å². The topological polar surface area (TPSA) is 85.9 Å². The van der Waals surface area contributed by atoms with Crippen LogP contribution >= 0.6 is 0 Å². The number of nitrogens with zero attached hydrogens (tertiary/aromatic N) is 3. The number of pyridine rings is 1. The van der Waals surface area contributed by atoms with Crippen LogP contribution in [-0.2, 0) is 0 Å². The van der Waals surface area contributed by atoms with Crippen LogP contribution in [0.5, 0.6) is 0 Å². The Labute approximate surface area is 157 Å². The number of carbonyl (C=O) groups is 1. The predicted octanol–water partition coefficient (Wildman–Crippen LogP) is 2.52. The average molecular weight is 362 g/mol. The number of aromatic nitrogens is 3. The number of hydrogen-bond donors (Lipinski definition) is 3. The maximum absolute atomic E-state index is 12.5. The molecule has 1 unspecified atom stereocenters. The first kappa shape index (κ1) is 17.2. The largest absolute Gasteiger partial charge is 0.370 e. The van der Waals surface area contributed by atoms with Gasteiger partial charge in [0.05, 0.1) is 5.69 Å². The molecule has 1 aliphatic heterocycles. The Hall–Kier alpha value is -3.19. The standard InChI is InChI=1S/C20H22N6O/c1-21-15-9-11-26(13-15)16-7-5-14(6-8-16)23-20(27)19-12-18(24-25-19)17-4-2-3-10-22-17/h2-8,10,12,15,21H,9,11,13H2,1H3,(H,23,27)(H,24,25). The predicted molar refractivity (Wildman–Crippen MR) is 106 cm³/mol. The molecule has 1 aromatic carbocycles. The zero-order chi connectivity index (χ0) is 18.6. The summed E-state index contributed by atoms with van der Waals surface area (Å²) in [5.74, 6) is -0.228. The fraction of sp³-hybridized carbons (Fsp3) is 0.250. The molecule has 0 radical (unpaired) electrons. The van der Waals surface area contributed by atoms with Gasteiger partial charge in [0.15, 0.2) is 0 Å². The first-order valence-electron chi connectivity index (χ1n) is 9.03. The lowest BCUT2D eigenvalue weighted by molar-refractivity contribution is 0.102. The van der Waals surface area contributed by atoms with Crippen molar-refractivity contribution >= 4 is 17.3 Å². The van der Waals surface area contributed by atoms with Gasteiger partial charge in [0.2, 0.25) is 0 Å². The van der Waals surface area contributed by atoms with Gasteiger partial charge >= 0.3 is 0 Å². The number of hydrogen-bond acceptors (Lipinski definition) is 5. The van der Waals surface area contributed by atoms with E-state index >= 15 is 0 Å². The summed E-state index contributed by atoms with van der Waals surface area (Å²) < 4.78 is 0. The zero-order valence-corrected chi connectivity index (χ0v) is 15.1. The Morgan fingerprint density at radius 1 is 1.19 bits per heavy atom. The second-order valence-electron chi connectivity index (χ2n) is 6.60. The molecule has 0 aliphatic carbocycles. The zero-order valence-electron chi connectivity index (χ0n) is 15.1. The van der Waals surface area contributed by atoms with Gasteiger partial charge in [-0.15, -0.1) is 0 Å². The molecule has 0 bridgehead atoms. The Bertz CT molecular complexity index is 906. The summed E-state index contributed by atoms with van der Waals surface area (Å²) in [5, 5.41) is 13.2. The normalized spacial score (nSPS) is 16.5. The summed E-state index contributed by atoms with van der Waals surface area (Å²) in [6.45, 7) is 2.05. The van der Waals surface area contributed by atoms with E-state index in [0.29, 0.717) is 17.4 Å². The van der Waals surface area contributed by atoms with Gasteiger partial charge in [0, 0.05) is 36.7 Å². The summed E-state index contributed by atoms with van der Waals surface area (Å²) in [6.07, 6.45) is 2.85. The summed E-state index contributed by atoms with van der Waals surface area (Å²) >= 11 is 0. The Morgan fingerprint density at radius 3 is 2.74 bits per heavy atom. The summed E-state index contributed by atoms with van der Waals surface area (Å²) in [6, 6.07) is 15.8. The van der Waals surface area contributed by atoms with Crippen molar-refractivity contribution in [3.8, 4) is 11.4 Å². The van der Waals surface area contributed by atoms with Crippen molar-refractivity contribution in [2.24, 2.45) is 0 Å². The Morgan fingerprint density at radius 2 is 2.04 bits per heavy atom. The highest BCUT2D eigenvalue weighted by molar-refractivity contribution is 6.03. The highest BCUT2D eigenvalue weighted by Gasteiger charge is 2.21. The molecule has 0 spiro atoms. The third-order valence-corrected chi connectivity index (χ3v) is 4.84. The van der Waals surface area contributed by atoms with Crippen LogP contribution in [0.25, 0.3) is 11.4 Å². The minimum Gasteiger partial charge on any atom is -0.370 e. The summed E-state index contributed by atoms with van der Waals surface area (Å²) in [5.41, 5.74) is 3.69. The molecule has 7 nitrogen and oxygen atoms in total. The number of rotatable bonds is 5. The van der Waals surface area contributed by atoms with Crippen molar-refractivity contribution in [3.05, 3.63) is 60.4 Å². The first-order valence-corrected chi connectivity index (χ1v) is 9.03. The summed E-state index contributed by atoms with van der Waals surface area (Å²) in [7, 11) is 2.00. The first-order chi connectivity index (χ1) is 13.2. The van der Waals surface area contributed by atoms with E-state index in [9.17, 15) is 4.79 Å². The molecule has 1 saturated heterocycles. The van der Waals surface area contributed by atoms with E-state index in [4.69, 9.17) is 0 Å². The Balaban J connectivity index is 1.41. The molecule has 2 aromatic heterocycles. The number of aromatic amines is 1. The van der Waals surface area contributed by atoms with Crippen LogP contribution in [0.2, 0.25) is 0 Å². The van der Waals surface area contributed by atoms with E-state index in [1.807, 2.05) is 49.5 Å². The number of nitrogens with one attached hydrogen (secondary N) is 3. The van der Waals surface area contributed by atoms with Crippen LogP contribution in [0.15, 0.2) is 54.7 Å². The van der Waals surface area contributed by atoms with Crippen molar-refractivity contribution in [1.82, 2.24) is 20.5 Å². The van der Waals surface area contributed by atoms with Gasteiger partial charge in [0.25, 0.3) is 5.91 Å². The average Bonchev–Trinajstić information content (AvgIpc) is 3.39. The quantitative estimate of drug-likeness (QED) is 0.649. The highest BCUT2D eigenvalue weighted by Crippen LogP contribution is 2.23. The van der Waals surface area contributed by atoms with Gasteiger partial charge in [-0.05, 0) is 55.9 Å². The fourth-order valence-electron chi connectivity index (χ4n) is 3.27. The third-order valence-electron chi connectivity index (χ3n) is 4.84. The third kappa shape index (κ3) is 3.83. The van der Waals surface area contributed by atoms with Gasteiger partial charge in [-0.3, -0.25) is 14.9 Å². The minimum atomic E-state index is -0.228. The number of carbonyl (C=O) groups excluding carboxylic acids is 1. The molecular weight excluding hydrogens is 340 g/mol. The molecule has 3 heterocycles. The van der Waals surface area contributed by atoms with Crippen molar-refractivity contribution in [2.45, 2.75) is 12.5 Å². The minimum absolute atomic E-state index is 0.228. The fourth-order valence-corrected chi connectivity index (χ4v) is 3.27. The molecule has 1 aliphatic rings. The smallest absolute Gasteiger partial charge is 0.273 e. The molecular formula is C20H22N6O. The molecule has 7 heteroatoms. The van der Waals surface area contributed by atoms with E-state index in [0.717, 1.165) is 30.9 Å². The lowest BCUT2D eigenvalue weighted by atomic mass is 10.2. The number of amides is 1. The maximum Gasteiger partial charge on any atom is 0.273 e. The van der Waals surface area contributed by atoms with E-state index in [1.54, 1.807) is 12.3 Å². The number of likely N-dealkylation sites (N-methyl/N-ethyl adjacent to an activating group) is 1. The van der Waals surface area contributed by atoms with Crippen LogP contribution in [0.4, 0.5) is 11.4 Å². The molecule has 138 valence electrons. The molecule has 3 aromatic rings. The summed E-state index contributed by atoms with van der Waals surface area (Å²) in [4.78, 5) is 19.0. The number of anilines is 2. The molecule has 1 fully saturated rings. The van der Waals surface area contributed by atoms with Gasteiger partial charge in [-0.1, -0.05) is 6.07 Å². The molecule has 0 saturated carbocycles. The molecule has 4 rings (SSSR count). The molecule has 27 heavy (non-hydrogen) atoms. The number of H-pyrrole nitrogens is 1. The maximum atomic E-state index is 12.5. The molecule has 1 amide bonds. The molecule has 1 atom stereocenters. The highest BCUT2D eigenvalue weighted by atomic mass is 16.1. The van der Waals surface area contributed by atoms with Gasteiger partial charge < -0.3 is 15.5 Å². The van der Waals surface area contributed by atoms with Gasteiger partial charge in [-0.25, -0.2) is 0 Å². The monoisotopic (exact) mass is 362 g/mol. The lowest BCUT2D eigenvalue weighted by Crippen LogP contribution is -2.29. The van der Waals surface area contributed by atoms with E-state index < -0.39 is 0 Å². The van der Waals surface area contributed by atoms with Crippen LogP contribution in [0, 0.1) is 0 Å². The van der Waals surface area contributed by atoms with Crippen molar-refractivity contribution < 1.29 is 4.79 Å². The van der Waals surface area contributed by atoms with Gasteiger partial charge in [-0.2, -0.15) is 5.10 Å². The van der Waals surface area contributed by atoms with E-state index in [1.165, 1.54) is 5.69 Å². The SMILES string of the molecule is CNC1CCN(c2ccc(NC(=O)c3cc(-c4ccccn4)n[nH]3)cc2)C1. The second-order valence-corrected chi connectivity index (χ2v) is 6.60. The lowest BCUT2D eigenvalue weighted by Gasteiger charge is -2.19. The van der Waals surface area contributed by atoms with Gasteiger partial charge in [0.1, 0.15) is 11.4 Å². The Kier molecular flexibility index (Phi) is 4.84. The number of benzene rings is 1. The molecule has 3 N–H and O–H groups in total.